The molecule has 19 heavy (non-hydrogen) atoms. The molecule has 0 saturated heterocycles. The first kappa shape index (κ1) is 14.9. The molecule has 0 saturated carbocycles. The van der Waals surface area contributed by atoms with Crippen LogP contribution in [-0.2, 0) is 14.3 Å². The molecular formula is C14H18N2O3. The number of carbonyl (C=O) groups excluding carboxylic acids is 2. The summed E-state index contributed by atoms with van der Waals surface area (Å²) in [5.74, 6) is -0.274. The largest absolute Gasteiger partial charge is 0.383 e. The monoisotopic (exact) mass is 262 g/mol. The molecule has 0 heterocycles. The van der Waals surface area contributed by atoms with Crippen LogP contribution in [0.25, 0.3) is 6.08 Å². The Morgan fingerprint density at radius 1 is 1.26 bits per heavy atom. The second-order valence-corrected chi connectivity index (χ2v) is 3.92. The first-order valence-corrected chi connectivity index (χ1v) is 5.94. The number of hydrogen-bond donors (Lipinski definition) is 2. The van der Waals surface area contributed by atoms with Gasteiger partial charge in [0, 0.05) is 32.3 Å². The summed E-state index contributed by atoms with van der Waals surface area (Å²) >= 11 is 0. The van der Waals surface area contributed by atoms with Crippen molar-refractivity contribution < 1.29 is 14.3 Å². The normalized spacial score (nSPS) is 10.4. The summed E-state index contributed by atoms with van der Waals surface area (Å²) in [5, 5.41) is 5.36. The molecule has 1 aromatic carbocycles. The van der Waals surface area contributed by atoms with E-state index in [9.17, 15) is 9.59 Å². The standard InChI is InChI=1S/C14H18N2O3/c1-11(17)16-13-6-3-12(4-7-13)5-8-14(18)15-9-10-19-2/h3-8H,9-10H2,1-2H3,(H,15,18)(H,16,17)/b8-5+. The van der Waals surface area contributed by atoms with Crippen LogP contribution >= 0.6 is 0 Å². The molecule has 2 amide bonds. The summed E-state index contributed by atoms with van der Waals surface area (Å²) in [6.07, 6.45) is 3.17. The number of amides is 2. The van der Waals surface area contributed by atoms with Gasteiger partial charge in [-0.25, -0.2) is 0 Å². The quantitative estimate of drug-likeness (QED) is 0.602. The van der Waals surface area contributed by atoms with Crippen LogP contribution in [0, 0.1) is 0 Å². The van der Waals surface area contributed by atoms with E-state index < -0.39 is 0 Å². The van der Waals surface area contributed by atoms with Gasteiger partial charge in [-0.1, -0.05) is 12.1 Å². The first-order valence-electron chi connectivity index (χ1n) is 5.94. The lowest BCUT2D eigenvalue weighted by Gasteiger charge is -2.02. The number of rotatable bonds is 6. The SMILES string of the molecule is COCCNC(=O)/C=C/c1ccc(NC(C)=O)cc1. The van der Waals surface area contributed by atoms with Gasteiger partial charge < -0.3 is 15.4 Å². The number of benzene rings is 1. The molecule has 5 nitrogen and oxygen atoms in total. The Balaban J connectivity index is 2.48. The molecule has 0 aromatic heterocycles. The van der Waals surface area contributed by atoms with Crippen LogP contribution in [0.5, 0.6) is 0 Å². The van der Waals surface area contributed by atoms with Crippen molar-refractivity contribution in [2.24, 2.45) is 0 Å². The van der Waals surface area contributed by atoms with Gasteiger partial charge in [0.1, 0.15) is 0 Å². The lowest BCUT2D eigenvalue weighted by molar-refractivity contribution is -0.116. The molecule has 0 aliphatic heterocycles. The minimum atomic E-state index is -0.164. The highest BCUT2D eigenvalue weighted by molar-refractivity contribution is 5.92. The minimum absolute atomic E-state index is 0.110. The molecule has 0 bridgehead atoms. The van der Waals surface area contributed by atoms with Gasteiger partial charge in [0.25, 0.3) is 0 Å². The lowest BCUT2D eigenvalue weighted by Crippen LogP contribution is -2.24. The maximum Gasteiger partial charge on any atom is 0.244 e. The van der Waals surface area contributed by atoms with Crippen LogP contribution in [0.3, 0.4) is 0 Å². The third-order valence-electron chi connectivity index (χ3n) is 2.26. The molecule has 0 aliphatic carbocycles. The van der Waals surface area contributed by atoms with Gasteiger partial charge in [-0.2, -0.15) is 0 Å². The number of methoxy groups -OCH3 is 1. The van der Waals surface area contributed by atoms with Crippen molar-refractivity contribution in [1.82, 2.24) is 5.32 Å². The van der Waals surface area contributed by atoms with Gasteiger partial charge in [0.05, 0.1) is 6.61 Å². The van der Waals surface area contributed by atoms with Crippen molar-refractivity contribution in [2.75, 3.05) is 25.6 Å². The van der Waals surface area contributed by atoms with Gasteiger partial charge in [0.2, 0.25) is 11.8 Å². The van der Waals surface area contributed by atoms with Crippen molar-refractivity contribution in [3.8, 4) is 0 Å². The summed E-state index contributed by atoms with van der Waals surface area (Å²) in [6, 6.07) is 7.21. The Bertz CT molecular complexity index is 452. The van der Waals surface area contributed by atoms with E-state index in [4.69, 9.17) is 4.74 Å². The summed E-state index contributed by atoms with van der Waals surface area (Å²) < 4.78 is 4.83. The van der Waals surface area contributed by atoms with Crippen LogP contribution in [0.1, 0.15) is 12.5 Å². The number of ether oxygens (including phenoxy) is 1. The highest BCUT2D eigenvalue weighted by atomic mass is 16.5. The van der Waals surface area contributed by atoms with Crippen LogP contribution in [0.15, 0.2) is 30.3 Å². The molecule has 0 spiro atoms. The summed E-state index contributed by atoms with van der Waals surface area (Å²) in [6.45, 7) is 2.43. The fourth-order valence-corrected chi connectivity index (χ4v) is 1.39. The Kier molecular flexibility index (Phi) is 6.32. The lowest BCUT2D eigenvalue weighted by atomic mass is 10.2. The predicted molar refractivity (Wildman–Crippen MR) is 74.7 cm³/mol. The topological polar surface area (TPSA) is 67.4 Å². The van der Waals surface area contributed by atoms with Crippen molar-refractivity contribution in [3.05, 3.63) is 35.9 Å². The minimum Gasteiger partial charge on any atom is -0.383 e. The van der Waals surface area contributed by atoms with E-state index in [1.807, 2.05) is 12.1 Å². The molecule has 2 N–H and O–H groups in total. The zero-order valence-electron chi connectivity index (χ0n) is 11.1. The molecule has 1 rings (SSSR count). The van der Waals surface area contributed by atoms with E-state index in [1.54, 1.807) is 25.3 Å². The van der Waals surface area contributed by atoms with Crippen LogP contribution in [-0.4, -0.2) is 32.1 Å². The fraction of sp³-hybridized carbons (Fsp3) is 0.286. The third kappa shape index (κ3) is 6.38. The summed E-state index contributed by atoms with van der Waals surface area (Å²) in [5.41, 5.74) is 1.62. The first-order chi connectivity index (χ1) is 9.11. The van der Waals surface area contributed by atoms with E-state index in [1.165, 1.54) is 13.0 Å². The van der Waals surface area contributed by atoms with Gasteiger partial charge in [-0.3, -0.25) is 9.59 Å². The van der Waals surface area contributed by atoms with Crippen molar-refractivity contribution in [3.63, 3.8) is 0 Å². The number of nitrogens with one attached hydrogen (secondary N) is 2. The molecule has 5 heteroatoms. The number of anilines is 1. The molecule has 0 fully saturated rings. The van der Waals surface area contributed by atoms with Crippen LogP contribution < -0.4 is 10.6 Å². The number of carbonyl (C=O) groups is 2. The van der Waals surface area contributed by atoms with E-state index in [0.29, 0.717) is 13.2 Å². The smallest absolute Gasteiger partial charge is 0.244 e. The Morgan fingerprint density at radius 2 is 1.95 bits per heavy atom. The zero-order valence-corrected chi connectivity index (χ0v) is 11.1. The molecule has 0 aliphatic rings. The van der Waals surface area contributed by atoms with Gasteiger partial charge in [0.15, 0.2) is 0 Å². The van der Waals surface area contributed by atoms with Crippen molar-refractivity contribution in [1.29, 1.82) is 0 Å². The predicted octanol–water partition coefficient (Wildman–Crippen LogP) is 1.42. The van der Waals surface area contributed by atoms with Gasteiger partial charge in [-0.05, 0) is 23.8 Å². The molecule has 1 aromatic rings. The van der Waals surface area contributed by atoms with Gasteiger partial charge in [-0.15, -0.1) is 0 Å². The Labute approximate surface area is 112 Å². The van der Waals surface area contributed by atoms with E-state index in [0.717, 1.165) is 11.3 Å². The maximum absolute atomic E-state index is 11.4. The van der Waals surface area contributed by atoms with E-state index >= 15 is 0 Å². The summed E-state index contributed by atoms with van der Waals surface area (Å²) in [4.78, 5) is 22.2. The average Bonchev–Trinajstić information content (AvgIpc) is 2.37. The van der Waals surface area contributed by atoms with Crippen molar-refractivity contribution in [2.45, 2.75) is 6.92 Å². The molecular weight excluding hydrogens is 244 g/mol. The third-order valence-corrected chi connectivity index (χ3v) is 2.26. The van der Waals surface area contributed by atoms with E-state index in [-0.39, 0.29) is 11.8 Å². The second-order valence-electron chi connectivity index (χ2n) is 3.92. The second kappa shape index (κ2) is 8.05. The summed E-state index contributed by atoms with van der Waals surface area (Å²) in [7, 11) is 1.58. The maximum atomic E-state index is 11.4. The van der Waals surface area contributed by atoms with Crippen LogP contribution in [0.4, 0.5) is 5.69 Å². The Morgan fingerprint density at radius 3 is 2.53 bits per heavy atom. The molecule has 0 atom stereocenters. The average molecular weight is 262 g/mol. The molecule has 0 radical (unpaired) electrons. The molecule has 0 unspecified atom stereocenters. The fourth-order valence-electron chi connectivity index (χ4n) is 1.39. The van der Waals surface area contributed by atoms with Crippen LogP contribution in [0.2, 0.25) is 0 Å². The van der Waals surface area contributed by atoms with Gasteiger partial charge >= 0.3 is 0 Å². The van der Waals surface area contributed by atoms with E-state index in [2.05, 4.69) is 10.6 Å². The Hall–Kier alpha value is -2.14. The highest BCUT2D eigenvalue weighted by Gasteiger charge is 1.96. The zero-order chi connectivity index (χ0) is 14.1. The highest BCUT2D eigenvalue weighted by Crippen LogP contribution is 2.10. The number of hydrogen-bond acceptors (Lipinski definition) is 3. The molecule has 102 valence electrons. The van der Waals surface area contributed by atoms with Crippen molar-refractivity contribution >= 4 is 23.6 Å².